The van der Waals surface area contributed by atoms with Crippen LogP contribution in [0.4, 0.5) is 4.39 Å². The maximum atomic E-state index is 14.5. The molecule has 0 spiro atoms. The molecule has 4 aromatic rings. The Morgan fingerprint density at radius 1 is 0.395 bits per heavy atom. The second kappa shape index (κ2) is 52.8. The zero-order valence-electron chi connectivity index (χ0n) is 70.2. The summed E-state index contributed by atoms with van der Waals surface area (Å²) in [6.45, 7) is 6.52. The Hall–Kier alpha value is -1.57. The number of carbonyl (C=O) groups excluding carboxylic acids is 1. The zero-order chi connectivity index (χ0) is 82.7. The van der Waals surface area contributed by atoms with Crippen LogP contribution in [0, 0.1) is 5.41 Å². The number of hydrogen-bond acceptors (Lipinski definition) is 20. The third-order valence-electron chi connectivity index (χ3n) is 22.8. The summed E-state index contributed by atoms with van der Waals surface area (Å²) in [6, 6.07) is 24.0. The summed E-state index contributed by atoms with van der Waals surface area (Å²) < 4.78 is 157. The molecular weight excluding hydrogens is 1670 g/mol. The largest absolute Gasteiger partial charge is 1.00 e. The fourth-order valence-corrected chi connectivity index (χ4v) is 22.1. The van der Waals surface area contributed by atoms with E-state index in [1.54, 1.807) is 11.8 Å². The van der Waals surface area contributed by atoms with Crippen molar-refractivity contribution in [1.29, 1.82) is 0 Å². The number of carbonyl (C=O) groups is 1. The Morgan fingerprint density at radius 2 is 0.667 bits per heavy atom. The van der Waals surface area contributed by atoms with E-state index in [4.69, 9.17) is 5.11 Å². The molecule has 7 fully saturated rings. The molecular formula is C84H139AlFLiO18S8Zn. The van der Waals surface area contributed by atoms with Crippen molar-refractivity contribution in [3.8, 4) is 0 Å². The summed E-state index contributed by atoms with van der Waals surface area (Å²) in [4.78, 5) is 13.4. The van der Waals surface area contributed by atoms with Gasteiger partial charge >= 0.3 is 18.9 Å². The van der Waals surface area contributed by atoms with E-state index in [-0.39, 0.29) is 140 Å². The van der Waals surface area contributed by atoms with Crippen LogP contribution in [0.5, 0.6) is 0 Å². The van der Waals surface area contributed by atoms with Gasteiger partial charge in [0.1, 0.15) is 11.5 Å². The van der Waals surface area contributed by atoms with E-state index in [0.29, 0.717) is 44.3 Å². The number of thiol groups is 1. The van der Waals surface area contributed by atoms with Crippen LogP contribution in [0.3, 0.4) is 0 Å². The predicted octanol–water partition coefficient (Wildman–Crippen LogP) is 13.9. The molecule has 0 heterocycles. The molecule has 11 rings (SSSR count). The van der Waals surface area contributed by atoms with Gasteiger partial charge in [-0.25, -0.2) is 54.9 Å². The van der Waals surface area contributed by atoms with Crippen molar-refractivity contribution in [1.82, 2.24) is 0 Å². The van der Waals surface area contributed by atoms with Gasteiger partial charge in [-0.2, -0.15) is 0 Å². The minimum Gasteiger partial charge on any atom is -1.00 e. The third kappa shape index (κ3) is 42.5. The van der Waals surface area contributed by atoms with Gasteiger partial charge in [-0.3, -0.25) is 4.79 Å². The first-order valence-electron chi connectivity index (χ1n) is 40.5. The maximum absolute atomic E-state index is 14.5. The van der Waals surface area contributed by atoms with Gasteiger partial charge in [0.25, 0.3) is 0 Å². The number of thioether (sulfide) groups is 1. The number of halogens is 1. The van der Waals surface area contributed by atoms with Crippen molar-refractivity contribution in [3.63, 3.8) is 0 Å². The van der Waals surface area contributed by atoms with Gasteiger partial charge in [-0.15, -0.1) is 24.4 Å². The minimum absolute atomic E-state index is 0. The van der Waals surface area contributed by atoms with Crippen LogP contribution in [-0.4, -0.2) is 176 Å². The molecule has 18 nitrogen and oxygen atoms in total. The topological polar surface area (TPSA) is 323 Å². The van der Waals surface area contributed by atoms with Crippen LogP contribution in [0.25, 0.3) is 0 Å². The van der Waals surface area contributed by atoms with Crippen LogP contribution in [0.1, 0.15) is 292 Å². The summed E-state index contributed by atoms with van der Waals surface area (Å²) in [5, 5.41) is 48.3. The average Bonchev–Trinajstić information content (AvgIpc) is 0.818. The van der Waals surface area contributed by atoms with E-state index in [1.165, 1.54) is 148 Å². The smallest absolute Gasteiger partial charge is 1.00 e. The normalized spacial score (nSPS) is 19.5. The molecule has 7 aliphatic rings. The molecule has 7 saturated carbocycles. The monoisotopic (exact) mass is 1810 g/mol. The Morgan fingerprint density at radius 3 is 0.947 bits per heavy atom. The molecule has 114 heavy (non-hydrogen) atoms. The van der Waals surface area contributed by atoms with Gasteiger partial charge in [0, 0.05) is 67.5 Å². The molecule has 0 aromatic heterocycles. The Kier molecular flexibility index (Phi) is 51.2. The second-order valence-electron chi connectivity index (χ2n) is 32.5. The average molecular weight is 1810 g/mol. The Labute approximate surface area is 733 Å². The van der Waals surface area contributed by atoms with Crippen LogP contribution in [0.15, 0.2) is 136 Å². The van der Waals surface area contributed by atoms with Crippen molar-refractivity contribution in [2.24, 2.45) is 5.41 Å². The molecule has 30 heteroatoms. The molecule has 0 radical (unpaired) electrons. The Balaban J connectivity index is 0.00000133. The number of benzene rings is 4. The SMILES string of the molecule is CC1(CCS(=O)(=O)c2ccc(S(C)(=O)=O)cc2)CCCCC1.CCC1(O)CCCCC1.CCCC1(O)CCCCC1.CS(=O)(=O)c1ccc(S(=O)(=O)CCC2(F)CCCCC2)cc1.CS(=O)(=O)c1ccc(S(=O)(=O)CCC2(O)CCCCC2)cc1.CSc1ccc(S)cc1.O=C1CCCCC1.OCCC1(O)CCCCC1.[AlH3].[H-].[Li+].[Zn]. The first-order valence-corrected chi connectivity index (χ1v) is 52.8. The molecule has 0 aliphatic heterocycles. The quantitative estimate of drug-likeness (QED) is 0.0256. The van der Waals surface area contributed by atoms with Crippen LogP contribution >= 0.6 is 24.4 Å². The molecule has 644 valence electrons. The number of Topliss-reactive ketones (excluding diaryl/α,β-unsaturated/α-hetero) is 1. The fraction of sp³-hybridized carbons (Fsp3) is 0.702. The number of alkyl halides is 1. The van der Waals surface area contributed by atoms with Crippen molar-refractivity contribution < 1.29 is 125 Å². The number of rotatable bonds is 21. The number of hydrogen-bond donors (Lipinski definition) is 6. The van der Waals surface area contributed by atoms with Crippen molar-refractivity contribution in [2.45, 2.75) is 358 Å². The van der Waals surface area contributed by atoms with E-state index in [1.807, 2.05) is 12.1 Å². The van der Waals surface area contributed by atoms with E-state index in [2.05, 4.69) is 51.8 Å². The zero-order valence-corrected chi connectivity index (χ0v) is 78.8. The van der Waals surface area contributed by atoms with Gasteiger partial charge in [-0.1, -0.05) is 149 Å². The fourth-order valence-electron chi connectivity index (χ4n) is 15.3. The molecule has 7 aliphatic carbocycles. The van der Waals surface area contributed by atoms with Gasteiger partial charge in [0.05, 0.1) is 69.0 Å². The standard InChI is InChI=1S/C16H24O4S2.C15H21FO4S2.C15H22O5S2.C9H18O.C8H16O2.C8H16O.C7H8S2.C6H10O.Al.Li.Zn.4H/c1-16(10-4-3-5-11-16)12-13-22(19,20)15-8-6-14(7-9-15)21(2,17)18;2*1-21(17,18)13-5-7-14(8-6-13)22(19,20)12-11-15(16)9-3-2-4-10-15;1-2-6-9(10)7-4-3-5-8-9;9-7-6-8(10)4-2-1-3-5-8;1-2-8(9)6-4-3-5-7-8;1-9-7-4-2-6(8)3-5-7;7-6-4-2-1-3-5-6;;;;;;;/h6-9H,3-5,10-13H2,1-2H3;5-8H,2-4,9-12H2,1H3;5-8,16H,2-4,9-12H2,1H3;10H,2-8H2,1H3;9-10H,1-7H2;9H,2-7H2,1H3;2-5,8H,1H3;1-5H2;;;;;;;/q;;;;;;;;;+1;;;;;-1. The first kappa shape index (κ1) is 110. The molecule has 0 bridgehead atoms. The van der Waals surface area contributed by atoms with E-state index < -0.39 is 75.9 Å². The van der Waals surface area contributed by atoms with Gasteiger partial charge in [-0.05, 0) is 237 Å². The number of sulfone groups is 6. The van der Waals surface area contributed by atoms with Crippen LogP contribution < -0.4 is 18.9 Å². The molecule has 5 N–H and O–H groups in total. The van der Waals surface area contributed by atoms with Crippen molar-refractivity contribution in [2.75, 3.05) is 48.9 Å². The van der Waals surface area contributed by atoms with Crippen LogP contribution in [0.2, 0.25) is 0 Å². The minimum atomic E-state index is -3.59. The molecule has 0 unspecified atom stereocenters. The van der Waals surface area contributed by atoms with Gasteiger partial charge in [0.15, 0.2) is 76.4 Å². The summed E-state index contributed by atoms with van der Waals surface area (Å²) in [5.41, 5.74) is -3.20. The van der Waals surface area contributed by atoms with Crippen molar-refractivity contribution >= 4 is 107 Å². The van der Waals surface area contributed by atoms with E-state index in [9.17, 15) is 80.1 Å². The van der Waals surface area contributed by atoms with Gasteiger partial charge in [0.2, 0.25) is 0 Å². The third-order valence-corrected chi connectivity index (χ3v) is 32.5. The maximum Gasteiger partial charge on any atom is 1.00 e. The summed E-state index contributed by atoms with van der Waals surface area (Å²) in [6.07, 6.45) is 45.5. The molecule has 0 atom stereocenters. The number of ketones is 1. The number of aliphatic hydroxyl groups excluding tert-OH is 1. The molecule has 4 aromatic carbocycles. The molecule has 0 saturated heterocycles. The van der Waals surface area contributed by atoms with Crippen molar-refractivity contribution in [3.05, 3.63) is 97.1 Å². The number of aliphatic hydroxyl groups is 5. The molecule has 0 amide bonds. The summed E-state index contributed by atoms with van der Waals surface area (Å²) in [7, 11) is -20.5. The summed E-state index contributed by atoms with van der Waals surface area (Å²) in [5.74, 6) is 0.219. The predicted molar refractivity (Wildman–Crippen MR) is 460 cm³/mol. The Bertz CT molecular complexity index is 3740. The van der Waals surface area contributed by atoms with Gasteiger partial charge < -0.3 is 27.0 Å². The van der Waals surface area contributed by atoms with E-state index in [0.717, 1.165) is 171 Å². The first-order chi connectivity index (χ1) is 51.9. The summed E-state index contributed by atoms with van der Waals surface area (Å²) >= 11 is 5.90. The van der Waals surface area contributed by atoms with Crippen LogP contribution in [-0.2, 0) is 83.3 Å². The second-order valence-corrected chi connectivity index (χ2v) is 46.3. The van der Waals surface area contributed by atoms with E-state index >= 15 is 0 Å².